The molecule has 0 aliphatic rings. The average molecular weight is 448 g/mol. The molecule has 0 atom stereocenters. The third kappa shape index (κ3) is 6.10. The number of hydrogen-bond donors (Lipinski definition) is 2. The zero-order chi connectivity index (χ0) is 20.8. The molecular weight excluding hydrogens is 429 g/mol. The second-order valence-corrected chi connectivity index (χ2v) is 8.21. The molecule has 0 spiro atoms. The van der Waals surface area contributed by atoms with Gasteiger partial charge in [0.25, 0.3) is 5.56 Å². The first kappa shape index (κ1) is 21.4. The summed E-state index contributed by atoms with van der Waals surface area (Å²) in [7, 11) is 0. The van der Waals surface area contributed by atoms with Crippen LogP contribution in [0.2, 0.25) is 10.0 Å². The smallest absolute Gasteiger partial charge is 0.255 e. The minimum Gasteiger partial charge on any atom is -0.352 e. The molecule has 2 N–H and O–H groups in total. The Bertz CT molecular complexity index is 1090. The number of carbonyl (C=O) groups excluding carboxylic acids is 1. The van der Waals surface area contributed by atoms with E-state index in [0.717, 1.165) is 11.1 Å². The van der Waals surface area contributed by atoms with Crippen molar-refractivity contribution < 1.29 is 4.79 Å². The van der Waals surface area contributed by atoms with Crippen molar-refractivity contribution in [3.05, 3.63) is 91.3 Å². The maximum atomic E-state index is 12.5. The molecule has 0 saturated heterocycles. The van der Waals surface area contributed by atoms with Gasteiger partial charge in [-0.2, -0.15) is 0 Å². The molecular formula is C21H19Cl2N3O2S. The van der Waals surface area contributed by atoms with E-state index in [4.69, 9.17) is 23.2 Å². The Morgan fingerprint density at radius 2 is 1.97 bits per heavy atom. The van der Waals surface area contributed by atoms with Crippen LogP contribution in [0.3, 0.4) is 0 Å². The van der Waals surface area contributed by atoms with E-state index >= 15 is 0 Å². The van der Waals surface area contributed by atoms with Gasteiger partial charge >= 0.3 is 0 Å². The van der Waals surface area contributed by atoms with Gasteiger partial charge in [0.1, 0.15) is 0 Å². The summed E-state index contributed by atoms with van der Waals surface area (Å²) in [6, 6.07) is 14.8. The Hall–Kier alpha value is -2.28. The van der Waals surface area contributed by atoms with Crippen molar-refractivity contribution >= 4 is 40.9 Å². The molecule has 29 heavy (non-hydrogen) atoms. The summed E-state index contributed by atoms with van der Waals surface area (Å²) >= 11 is 13.5. The number of benzene rings is 2. The fourth-order valence-electron chi connectivity index (χ4n) is 2.70. The van der Waals surface area contributed by atoms with Crippen LogP contribution in [0.15, 0.2) is 58.5 Å². The van der Waals surface area contributed by atoms with Gasteiger partial charge in [-0.1, -0.05) is 65.3 Å². The molecule has 0 bridgehead atoms. The summed E-state index contributed by atoms with van der Waals surface area (Å²) in [5.74, 6) is 0.361. The molecule has 3 rings (SSSR count). The van der Waals surface area contributed by atoms with Crippen LogP contribution in [0.5, 0.6) is 0 Å². The highest BCUT2D eigenvalue weighted by atomic mass is 35.5. The minimum absolute atomic E-state index is 0.0438. The van der Waals surface area contributed by atoms with E-state index in [1.807, 2.05) is 42.5 Å². The normalized spacial score (nSPS) is 10.7. The van der Waals surface area contributed by atoms with E-state index < -0.39 is 0 Å². The second-order valence-electron chi connectivity index (χ2n) is 6.40. The van der Waals surface area contributed by atoms with Crippen LogP contribution in [0.25, 0.3) is 0 Å². The largest absolute Gasteiger partial charge is 0.352 e. The number of nitrogens with one attached hydrogen (secondary N) is 2. The molecule has 2 aromatic carbocycles. The summed E-state index contributed by atoms with van der Waals surface area (Å²) in [6.45, 7) is 2.03. The lowest BCUT2D eigenvalue weighted by molar-refractivity contribution is -0.120. The van der Waals surface area contributed by atoms with Gasteiger partial charge in [0.05, 0.1) is 6.42 Å². The number of amides is 1. The van der Waals surface area contributed by atoms with E-state index in [1.54, 1.807) is 13.0 Å². The highest BCUT2D eigenvalue weighted by molar-refractivity contribution is 7.98. The molecule has 1 heterocycles. The van der Waals surface area contributed by atoms with Crippen LogP contribution in [-0.4, -0.2) is 15.9 Å². The van der Waals surface area contributed by atoms with Gasteiger partial charge in [0.15, 0.2) is 5.16 Å². The lowest BCUT2D eigenvalue weighted by Gasteiger charge is -2.09. The molecule has 150 valence electrons. The van der Waals surface area contributed by atoms with Crippen LogP contribution in [-0.2, 0) is 23.5 Å². The highest BCUT2D eigenvalue weighted by Crippen LogP contribution is 2.21. The fraction of sp³-hybridized carbons (Fsp3) is 0.190. The molecule has 3 aromatic rings. The van der Waals surface area contributed by atoms with Crippen molar-refractivity contribution in [2.24, 2.45) is 0 Å². The molecule has 0 saturated carbocycles. The first-order valence-corrected chi connectivity index (χ1v) is 10.6. The van der Waals surface area contributed by atoms with Crippen molar-refractivity contribution in [2.75, 3.05) is 0 Å². The SMILES string of the molecule is Cc1nc(SCc2cccc(Cl)c2)[nH]c(=O)c1CC(=O)NCc1ccccc1Cl. The highest BCUT2D eigenvalue weighted by Gasteiger charge is 2.13. The molecule has 0 unspecified atom stereocenters. The Morgan fingerprint density at radius 3 is 2.69 bits per heavy atom. The third-order valence-corrected chi connectivity index (χ3v) is 5.78. The van der Waals surface area contributed by atoms with Crippen LogP contribution in [0.4, 0.5) is 0 Å². The van der Waals surface area contributed by atoms with Gasteiger partial charge in [-0.15, -0.1) is 0 Å². The predicted octanol–water partition coefficient (Wildman–Crippen LogP) is 4.54. The van der Waals surface area contributed by atoms with E-state index in [0.29, 0.717) is 38.8 Å². The quantitative estimate of drug-likeness (QED) is 0.411. The molecule has 0 aliphatic carbocycles. The number of halogens is 2. The molecule has 5 nitrogen and oxygen atoms in total. The molecule has 1 amide bonds. The minimum atomic E-state index is -0.306. The molecule has 1 aromatic heterocycles. The van der Waals surface area contributed by atoms with E-state index in [-0.39, 0.29) is 17.9 Å². The van der Waals surface area contributed by atoms with Gasteiger partial charge in [0.2, 0.25) is 5.91 Å². The van der Waals surface area contributed by atoms with Gasteiger partial charge in [-0.3, -0.25) is 9.59 Å². The lowest BCUT2D eigenvalue weighted by atomic mass is 10.1. The third-order valence-electron chi connectivity index (χ3n) is 4.24. The maximum Gasteiger partial charge on any atom is 0.255 e. The number of aromatic amines is 1. The summed E-state index contributed by atoms with van der Waals surface area (Å²) < 4.78 is 0. The summed E-state index contributed by atoms with van der Waals surface area (Å²) in [5.41, 5.74) is 2.44. The monoisotopic (exact) mass is 447 g/mol. The number of nitrogens with zero attached hydrogens (tertiary/aromatic N) is 1. The fourth-order valence-corrected chi connectivity index (χ4v) is 3.96. The molecule has 0 aliphatic heterocycles. The zero-order valence-electron chi connectivity index (χ0n) is 15.7. The van der Waals surface area contributed by atoms with Crippen LogP contribution < -0.4 is 10.9 Å². The van der Waals surface area contributed by atoms with Gasteiger partial charge in [-0.25, -0.2) is 4.98 Å². The lowest BCUT2D eigenvalue weighted by Crippen LogP contribution is -2.29. The Kier molecular flexibility index (Phi) is 7.36. The van der Waals surface area contributed by atoms with Crippen LogP contribution >= 0.6 is 35.0 Å². The number of aromatic nitrogens is 2. The van der Waals surface area contributed by atoms with Gasteiger partial charge in [-0.05, 0) is 36.2 Å². The van der Waals surface area contributed by atoms with Crippen LogP contribution in [0, 0.1) is 6.92 Å². The molecule has 8 heteroatoms. The Morgan fingerprint density at radius 1 is 1.17 bits per heavy atom. The number of H-pyrrole nitrogens is 1. The number of aryl methyl sites for hydroxylation is 1. The van der Waals surface area contributed by atoms with Crippen LogP contribution in [0.1, 0.15) is 22.4 Å². The van der Waals surface area contributed by atoms with Gasteiger partial charge < -0.3 is 10.3 Å². The van der Waals surface area contributed by atoms with Crippen molar-refractivity contribution in [1.29, 1.82) is 0 Å². The summed E-state index contributed by atoms with van der Waals surface area (Å²) in [4.78, 5) is 31.9. The van der Waals surface area contributed by atoms with E-state index in [9.17, 15) is 9.59 Å². The molecule has 0 fully saturated rings. The van der Waals surface area contributed by atoms with Gasteiger partial charge in [0, 0.05) is 33.6 Å². The summed E-state index contributed by atoms with van der Waals surface area (Å²) in [6.07, 6.45) is -0.0438. The van der Waals surface area contributed by atoms with Crippen molar-refractivity contribution in [3.63, 3.8) is 0 Å². The first-order chi connectivity index (χ1) is 13.9. The zero-order valence-corrected chi connectivity index (χ0v) is 18.0. The van der Waals surface area contributed by atoms with E-state index in [2.05, 4.69) is 15.3 Å². The standard InChI is InChI=1S/C21H19Cl2N3O2S/c1-13-17(10-19(27)24-11-15-6-2-3-8-18(15)23)20(28)26-21(25-13)29-12-14-5-4-7-16(22)9-14/h2-9H,10-12H2,1H3,(H,24,27)(H,25,26,28). The summed E-state index contributed by atoms with van der Waals surface area (Å²) in [5, 5.41) is 4.55. The molecule has 0 radical (unpaired) electrons. The number of thioether (sulfide) groups is 1. The van der Waals surface area contributed by atoms with Crippen molar-refractivity contribution in [3.8, 4) is 0 Å². The average Bonchev–Trinajstić information content (AvgIpc) is 2.68. The number of rotatable bonds is 7. The topological polar surface area (TPSA) is 74.8 Å². The maximum absolute atomic E-state index is 12.5. The Labute approximate surface area is 182 Å². The van der Waals surface area contributed by atoms with E-state index in [1.165, 1.54) is 11.8 Å². The Balaban J connectivity index is 1.62. The van der Waals surface area contributed by atoms with Crippen molar-refractivity contribution in [2.45, 2.75) is 30.8 Å². The first-order valence-electron chi connectivity index (χ1n) is 8.89. The second kappa shape index (κ2) is 9.96. The number of carbonyl (C=O) groups is 1. The predicted molar refractivity (Wildman–Crippen MR) is 118 cm³/mol. The number of hydrogen-bond acceptors (Lipinski definition) is 4. The van der Waals surface area contributed by atoms with Crippen molar-refractivity contribution in [1.82, 2.24) is 15.3 Å².